The largest absolute Gasteiger partial charge is 0.377 e. The van der Waals surface area contributed by atoms with E-state index in [9.17, 15) is 0 Å². The van der Waals surface area contributed by atoms with Crippen molar-refractivity contribution in [3.05, 3.63) is 0 Å². The number of likely N-dealkylation sites (tertiary alicyclic amines) is 1. The van der Waals surface area contributed by atoms with Gasteiger partial charge in [0.05, 0.1) is 12.7 Å². The Balaban J connectivity index is 1.86. The molecule has 2 fully saturated rings. The minimum atomic E-state index is 0.365. The van der Waals surface area contributed by atoms with E-state index in [2.05, 4.69) is 24.1 Å². The molecule has 0 aromatic rings. The van der Waals surface area contributed by atoms with Crippen LogP contribution in [-0.4, -0.2) is 49.8 Å². The molecule has 3 heteroatoms. The first kappa shape index (κ1) is 15.3. The van der Waals surface area contributed by atoms with Crippen molar-refractivity contribution in [1.82, 2.24) is 10.2 Å². The molecule has 19 heavy (non-hydrogen) atoms. The van der Waals surface area contributed by atoms with E-state index in [1.807, 2.05) is 0 Å². The van der Waals surface area contributed by atoms with Crippen LogP contribution in [0.3, 0.4) is 0 Å². The summed E-state index contributed by atoms with van der Waals surface area (Å²) in [5.74, 6) is 0.915. The topological polar surface area (TPSA) is 24.5 Å². The zero-order valence-electron chi connectivity index (χ0n) is 12.9. The second-order valence-corrected chi connectivity index (χ2v) is 6.46. The molecule has 2 heterocycles. The lowest BCUT2D eigenvalue weighted by molar-refractivity contribution is 0.0366. The Labute approximate surface area is 119 Å². The first-order chi connectivity index (χ1) is 9.27. The second-order valence-electron chi connectivity index (χ2n) is 6.46. The Hall–Kier alpha value is -0.120. The van der Waals surface area contributed by atoms with Crippen molar-refractivity contribution in [2.45, 2.75) is 64.5 Å². The summed E-state index contributed by atoms with van der Waals surface area (Å²) in [5.41, 5.74) is 0. The monoisotopic (exact) mass is 268 g/mol. The Morgan fingerprint density at radius 2 is 1.89 bits per heavy atom. The summed E-state index contributed by atoms with van der Waals surface area (Å²) in [4.78, 5) is 2.74. The highest BCUT2D eigenvalue weighted by molar-refractivity contribution is 4.84. The summed E-state index contributed by atoms with van der Waals surface area (Å²) in [6.45, 7) is 10.0. The van der Waals surface area contributed by atoms with Crippen LogP contribution in [0.2, 0.25) is 0 Å². The molecule has 0 bridgehead atoms. The van der Waals surface area contributed by atoms with E-state index in [0.717, 1.165) is 25.1 Å². The van der Waals surface area contributed by atoms with Crippen molar-refractivity contribution >= 4 is 0 Å². The lowest BCUT2D eigenvalue weighted by Gasteiger charge is -2.38. The van der Waals surface area contributed by atoms with Crippen LogP contribution >= 0.6 is 0 Å². The number of hydrogen-bond donors (Lipinski definition) is 1. The van der Waals surface area contributed by atoms with Gasteiger partial charge in [-0.2, -0.15) is 0 Å². The molecule has 0 spiro atoms. The van der Waals surface area contributed by atoms with Crippen LogP contribution in [0.5, 0.6) is 0 Å². The van der Waals surface area contributed by atoms with Gasteiger partial charge in [-0.3, -0.25) is 4.90 Å². The molecule has 1 unspecified atom stereocenters. The number of nitrogens with one attached hydrogen (secondary N) is 1. The fourth-order valence-corrected chi connectivity index (χ4v) is 3.64. The molecule has 112 valence electrons. The van der Waals surface area contributed by atoms with Crippen molar-refractivity contribution in [2.75, 3.05) is 32.8 Å². The summed E-state index contributed by atoms with van der Waals surface area (Å²) in [5, 5.41) is 3.50. The summed E-state index contributed by atoms with van der Waals surface area (Å²) < 4.78 is 5.77. The van der Waals surface area contributed by atoms with Gasteiger partial charge in [0.25, 0.3) is 0 Å². The molecule has 0 aliphatic carbocycles. The van der Waals surface area contributed by atoms with E-state index >= 15 is 0 Å². The molecule has 1 N–H and O–H groups in total. The molecular formula is C16H32N2O. The predicted molar refractivity (Wildman–Crippen MR) is 80.5 cm³/mol. The lowest BCUT2D eigenvalue weighted by atomic mass is 9.87. The highest BCUT2D eigenvalue weighted by atomic mass is 16.5. The molecule has 3 nitrogen and oxygen atoms in total. The SMILES string of the molecule is CC(C)OCCN1CCCCCC1C1CCNCC1. The van der Waals surface area contributed by atoms with Crippen molar-refractivity contribution in [1.29, 1.82) is 0 Å². The average Bonchev–Trinajstić information content (AvgIpc) is 2.65. The normalized spacial score (nSPS) is 27.6. The van der Waals surface area contributed by atoms with Gasteiger partial charge in [0.2, 0.25) is 0 Å². The first-order valence-corrected chi connectivity index (χ1v) is 8.33. The number of piperidine rings is 1. The third-order valence-electron chi connectivity index (χ3n) is 4.67. The second kappa shape index (κ2) is 8.23. The smallest absolute Gasteiger partial charge is 0.0597 e. The molecule has 2 aliphatic rings. The molecule has 2 rings (SSSR count). The van der Waals surface area contributed by atoms with E-state index in [1.54, 1.807) is 0 Å². The molecular weight excluding hydrogens is 236 g/mol. The summed E-state index contributed by atoms with van der Waals surface area (Å²) >= 11 is 0. The fourth-order valence-electron chi connectivity index (χ4n) is 3.64. The highest BCUT2D eigenvalue weighted by Gasteiger charge is 2.29. The van der Waals surface area contributed by atoms with Gasteiger partial charge in [-0.25, -0.2) is 0 Å². The molecule has 1 atom stereocenters. The van der Waals surface area contributed by atoms with E-state index in [1.165, 1.54) is 58.2 Å². The van der Waals surface area contributed by atoms with Gasteiger partial charge in [-0.05, 0) is 65.1 Å². The molecule has 0 amide bonds. The number of rotatable bonds is 5. The van der Waals surface area contributed by atoms with Crippen LogP contribution in [0.25, 0.3) is 0 Å². The van der Waals surface area contributed by atoms with Crippen molar-refractivity contribution in [2.24, 2.45) is 5.92 Å². The Bertz CT molecular complexity index is 239. The fraction of sp³-hybridized carbons (Fsp3) is 1.00. The number of hydrogen-bond acceptors (Lipinski definition) is 3. The number of nitrogens with zero attached hydrogens (tertiary/aromatic N) is 1. The average molecular weight is 268 g/mol. The van der Waals surface area contributed by atoms with Crippen LogP contribution in [0.15, 0.2) is 0 Å². The van der Waals surface area contributed by atoms with Gasteiger partial charge < -0.3 is 10.1 Å². The minimum Gasteiger partial charge on any atom is -0.377 e. The van der Waals surface area contributed by atoms with E-state index in [-0.39, 0.29) is 0 Å². The van der Waals surface area contributed by atoms with Crippen molar-refractivity contribution < 1.29 is 4.74 Å². The third kappa shape index (κ3) is 5.05. The van der Waals surface area contributed by atoms with Crippen molar-refractivity contribution in [3.8, 4) is 0 Å². The lowest BCUT2D eigenvalue weighted by Crippen LogP contribution is -2.45. The van der Waals surface area contributed by atoms with Gasteiger partial charge >= 0.3 is 0 Å². The maximum absolute atomic E-state index is 5.77. The quantitative estimate of drug-likeness (QED) is 0.829. The van der Waals surface area contributed by atoms with Gasteiger partial charge in [0, 0.05) is 12.6 Å². The van der Waals surface area contributed by atoms with E-state index < -0.39 is 0 Å². The summed E-state index contributed by atoms with van der Waals surface area (Å²) in [7, 11) is 0. The first-order valence-electron chi connectivity index (χ1n) is 8.33. The summed E-state index contributed by atoms with van der Waals surface area (Å²) in [6.07, 6.45) is 8.73. The van der Waals surface area contributed by atoms with Gasteiger partial charge in [-0.1, -0.05) is 12.8 Å². The standard InChI is InChI=1S/C16H32N2O/c1-14(2)19-13-12-18-11-5-3-4-6-16(18)15-7-9-17-10-8-15/h14-17H,3-13H2,1-2H3. The molecule has 0 aromatic carbocycles. The summed E-state index contributed by atoms with van der Waals surface area (Å²) in [6, 6.07) is 0.820. The minimum absolute atomic E-state index is 0.365. The maximum Gasteiger partial charge on any atom is 0.0597 e. The predicted octanol–water partition coefficient (Wildman–Crippen LogP) is 2.66. The van der Waals surface area contributed by atoms with Crippen LogP contribution in [0, 0.1) is 5.92 Å². The van der Waals surface area contributed by atoms with Gasteiger partial charge in [0.15, 0.2) is 0 Å². The molecule has 2 saturated heterocycles. The van der Waals surface area contributed by atoms with E-state index in [4.69, 9.17) is 4.74 Å². The van der Waals surface area contributed by atoms with Crippen LogP contribution in [0.1, 0.15) is 52.4 Å². The van der Waals surface area contributed by atoms with Crippen LogP contribution < -0.4 is 5.32 Å². The molecule has 2 aliphatic heterocycles. The molecule has 0 saturated carbocycles. The molecule has 0 aromatic heterocycles. The maximum atomic E-state index is 5.77. The van der Waals surface area contributed by atoms with E-state index in [0.29, 0.717) is 6.10 Å². The Kier molecular flexibility index (Phi) is 6.62. The zero-order valence-corrected chi connectivity index (χ0v) is 12.9. The van der Waals surface area contributed by atoms with Crippen LogP contribution in [-0.2, 0) is 4.74 Å². The number of ether oxygens (including phenoxy) is 1. The Morgan fingerprint density at radius 3 is 2.63 bits per heavy atom. The zero-order chi connectivity index (χ0) is 13.5. The van der Waals surface area contributed by atoms with Gasteiger partial charge in [0.1, 0.15) is 0 Å². The molecule has 0 radical (unpaired) electrons. The third-order valence-corrected chi connectivity index (χ3v) is 4.67. The highest BCUT2D eigenvalue weighted by Crippen LogP contribution is 2.28. The van der Waals surface area contributed by atoms with Crippen molar-refractivity contribution in [3.63, 3.8) is 0 Å². The Morgan fingerprint density at radius 1 is 1.11 bits per heavy atom. The van der Waals surface area contributed by atoms with Crippen LogP contribution in [0.4, 0.5) is 0 Å². The van der Waals surface area contributed by atoms with Gasteiger partial charge in [-0.15, -0.1) is 0 Å².